The zero-order chi connectivity index (χ0) is 17.8. The lowest BCUT2D eigenvalue weighted by atomic mass is 10.1. The van der Waals surface area contributed by atoms with Crippen LogP contribution in [0.3, 0.4) is 0 Å². The van der Waals surface area contributed by atoms with Gasteiger partial charge in [-0.2, -0.15) is 0 Å². The van der Waals surface area contributed by atoms with Crippen LogP contribution in [0.1, 0.15) is 28.6 Å². The quantitative estimate of drug-likeness (QED) is 0.733. The number of methoxy groups -OCH3 is 1. The second-order valence-corrected chi connectivity index (χ2v) is 6.73. The predicted molar refractivity (Wildman–Crippen MR) is 100 cm³/mol. The van der Waals surface area contributed by atoms with Crippen LogP contribution < -0.4 is 10.3 Å². The normalized spacial score (nSPS) is 10.8. The largest absolute Gasteiger partial charge is 0.497 e. The number of benzene rings is 1. The molecule has 130 valence electrons. The van der Waals surface area contributed by atoms with Gasteiger partial charge in [0.2, 0.25) is 0 Å². The fourth-order valence-corrected chi connectivity index (χ4v) is 3.45. The van der Waals surface area contributed by atoms with Crippen LogP contribution in [-0.2, 0) is 6.54 Å². The molecule has 0 atom stereocenters. The molecule has 0 unspecified atom stereocenters. The third-order valence-corrected chi connectivity index (χ3v) is 4.86. The number of nitrogens with zero attached hydrogens (tertiary/aromatic N) is 1. The van der Waals surface area contributed by atoms with Crippen molar-refractivity contribution >= 4 is 28.1 Å². The van der Waals surface area contributed by atoms with Crippen molar-refractivity contribution < 1.29 is 9.53 Å². The molecule has 0 fully saturated rings. The molecule has 1 amide bonds. The van der Waals surface area contributed by atoms with E-state index in [-0.39, 0.29) is 18.0 Å². The van der Waals surface area contributed by atoms with E-state index in [2.05, 4.69) is 4.98 Å². The van der Waals surface area contributed by atoms with E-state index >= 15 is 0 Å². The van der Waals surface area contributed by atoms with E-state index < -0.39 is 0 Å². The van der Waals surface area contributed by atoms with Gasteiger partial charge in [0, 0.05) is 23.0 Å². The topological polar surface area (TPSA) is 62.4 Å². The van der Waals surface area contributed by atoms with E-state index in [1.54, 1.807) is 12.0 Å². The third kappa shape index (κ3) is 3.74. The first kappa shape index (κ1) is 17.2. The number of aromatic nitrogens is 1. The molecule has 1 N–H and O–H groups in total. The van der Waals surface area contributed by atoms with Gasteiger partial charge in [0.05, 0.1) is 18.5 Å². The molecule has 25 heavy (non-hydrogen) atoms. The minimum Gasteiger partial charge on any atom is -0.497 e. The van der Waals surface area contributed by atoms with Crippen molar-refractivity contribution in [3.63, 3.8) is 0 Å². The molecular formula is C19H20N2O3S. The lowest BCUT2D eigenvalue weighted by Crippen LogP contribution is -2.33. The smallest absolute Gasteiger partial charge is 0.264 e. The summed E-state index contributed by atoms with van der Waals surface area (Å²) >= 11 is 1.41. The summed E-state index contributed by atoms with van der Waals surface area (Å²) in [6.07, 6.45) is 0.830. The number of carbonyl (C=O) groups is 1. The van der Waals surface area contributed by atoms with Gasteiger partial charge in [-0.15, -0.1) is 11.3 Å². The fourth-order valence-electron chi connectivity index (χ4n) is 2.76. The molecule has 0 aliphatic carbocycles. The first-order valence-corrected chi connectivity index (χ1v) is 9.03. The van der Waals surface area contributed by atoms with Crippen LogP contribution in [0.5, 0.6) is 5.75 Å². The average molecular weight is 356 g/mol. The van der Waals surface area contributed by atoms with E-state index in [1.165, 1.54) is 11.3 Å². The zero-order valence-electron chi connectivity index (χ0n) is 14.2. The van der Waals surface area contributed by atoms with Crippen LogP contribution in [0.4, 0.5) is 0 Å². The highest BCUT2D eigenvalue weighted by atomic mass is 32.1. The maximum Gasteiger partial charge on any atom is 0.264 e. The second kappa shape index (κ2) is 7.53. The lowest BCUT2D eigenvalue weighted by molar-refractivity contribution is 0.0747. The summed E-state index contributed by atoms with van der Waals surface area (Å²) < 4.78 is 5.24. The monoisotopic (exact) mass is 356 g/mol. The van der Waals surface area contributed by atoms with Gasteiger partial charge in [-0.05, 0) is 42.1 Å². The van der Waals surface area contributed by atoms with Gasteiger partial charge in [0.1, 0.15) is 5.75 Å². The summed E-state index contributed by atoms with van der Waals surface area (Å²) in [4.78, 5) is 30.4. The lowest BCUT2D eigenvalue weighted by Gasteiger charge is -2.21. The summed E-state index contributed by atoms with van der Waals surface area (Å²) in [7, 11) is 1.61. The Morgan fingerprint density at radius 3 is 2.80 bits per heavy atom. The maximum absolute atomic E-state index is 12.7. The Balaban J connectivity index is 1.94. The Labute approximate surface area is 149 Å². The number of amides is 1. The summed E-state index contributed by atoms with van der Waals surface area (Å²) in [5, 5.41) is 2.76. The summed E-state index contributed by atoms with van der Waals surface area (Å²) in [5.41, 5.74) is 1.15. The molecule has 0 radical (unpaired) electrons. The molecule has 3 aromatic rings. The van der Waals surface area contributed by atoms with Crippen LogP contribution >= 0.6 is 11.3 Å². The predicted octanol–water partition coefficient (Wildman–Crippen LogP) is 3.65. The third-order valence-electron chi connectivity index (χ3n) is 4.00. The number of H-pyrrole nitrogens is 1. The molecule has 3 rings (SSSR count). The van der Waals surface area contributed by atoms with Gasteiger partial charge in [-0.3, -0.25) is 9.59 Å². The van der Waals surface area contributed by atoms with Gasteiger partial charge >= 0.3 is 0 Å². The van der Waals surface area contributed by atoms with E-state index in [1.807, 2.05) is 48.7 Å². The van der Waals surface area contributed by atoms with E-state index in [0.717, 1.165) is 23.1 Å². The number of hydrogen-bond donors (Lipinski definition) is 1. The molecule has 2 aromatic heterocycles. The van der Waals surface area contributed by atoms with Crippen molar-refractivity contribution in [3.05, 3.63) is 62.6 Å². The highest BCUT2D eigenvalue weighted by molar-refractivity contribution is 7.12. The van der Waals surface area contributed by atoms with Gasteiger partial charge in [0.15, 0.2) is 0 Å². The number of aromatic amines is 1. The average Bonchev–Trinajstić information content (AvgIpc) is 3.15. The highest BCUT2D eigenvalue weighted by Crippen LogP contribution is 2.20. The van der Waals surface area contributed by atoms with Crippen molar-refractivity contribution in [1.29, 1.82) is 0 Å². The molecule has 0 aliphatic heterocycles. The minimum atomic E-state index is -0.169. The first-order valence-electron chi connectivity index (χ1n) is 8.15. The molecule has 0 spiro atoms. The standard InChI is InChI=1S/C19H20N2O3S/c1-3-8-21(19(23)17-5-4-9-25-17)12-14-10-13-11-15(24-2)6-7-16(13)20-18(14)22/h4-7,9-11H,3,8,12H2,1-2H3,(H,20,22). The van der Waals surface area contributed by atoms with Crippen LogP contribution in [-0.4, -0.2) is 29.4 Å². The van der Waals surface area contributed by atoms with Crippen molar-refractivity contribution in [2.75, 3.05) is 13.7 Å². The van der Waals surface area contributed by atoms with E-state index in [0.29, 0.717) is 17.0 Å². The number of thiophene rings is 1. The molecule has 5 nitrogen and oxygen atoms in total. The SMILES string of the molecule is CCCN(Cc1cc2cc(OC)ccc2[nH]c1=O)C(=O)c1cccs1. The Bertz CT molecular complexity index is 931. The number of fused-ring (bicyclic) bond motifs is 1. The number of pyridine rings is 1. The molecule has 0 saturated heterocycles. The van der Waals surface area contributed by atoms with Crippen molar-refractivity contribution in [2.24, 2.45) is 0 Å². The molecule has 0 aliphatic rings. The van der Waals surface area contributed by atoms with Crippen LogP contribution in [0.15, 0.2) is 46.6 Å². The summed E-state index contributed by atoms with van der Waals surface area (Å²) in [6.45, 7) is 2.91. The molecule has 0 bridgehead atoms. The van der Waals surface area contributed by atoms with E-state index in [9.17, 15) is 9.59 Å². The van der Waals surface area contributed by atoms with Gasteiger partial charge in [-0.25, -0.2) is 0 Å². The van der Waals surface area contributed by atoms with Crippen molar-refractivity contribution in [1.82, 2.24) is 9.88 Å². The Kier molecular flexibility index (Phi) is 5.19. The number of hydrogen-bond acceptors (Lipinski definition) is 4. The number of ether oxygens (including phenoxy) is 1. The zero-order valence-corrected chi connectivity index (χ0v) is 15.1. The second-order valence-electron chi connectivity index (χ2n) is 5.78. The summed E-state index contributed by atoms with van der Waals surface area (Å²) in [6, 6.07) is 11.0. The highest BCUT2D eigenvalue weighted by Gasteiger charge is 2.18. The summed E-state index contributed by atoms with van der Waals surface area (Å²) in [5.74, 6) is 0.688. The van der Waals surface area contributed by atoms with Crippen molar-refractivity contribution in [2.45, 2.75) is 19.9 Å². The fraction of sp³-hybridized carbons (Fsp3) is 0.263. The number of carbonyl (C=O) groups excluding carboxylic acids is 1. The van der Waals surface area contributed by atoms with Gasteiger partial charge < -0.3 is 14.6 Å². The maximum atomic E-state index is 12.7. The Morgan fingerprint density at radius 1 is 1.28 bits per heavy atom. The first-order chi connectivity index (χ1) is 12.1. The van der Waals surface area contributed by atoms with E-state index in [4.69, 9.17) is 4.74 Å². The van der Waals surface area contributed by atoms with Crippen molar-refractivity contribution in [3.8, 4) is 5.75 Å². The van der Waals surface area contributed by atoms with Gasteiger partial charge in [-0.1, -0.05) is 13.0 Å². The molecule has 1 aromatic carbocycles. The van der Waals surface area contributed by atoms with Crippen LogP contribution in [0.2, 0.25) is 0 Å². The molecular weight excluding hydrogens is 336 g/mol. The molecule has 0 saturated carbocycles. The van der Waals surface area contributed by atoms with Crippen LogP contribution in [0.25, 0.3) is 10.9 Å². The Morgan fingerprint density at radius 2 is 2.12 bits per heavy atom. The minimum absolute atomic E-state index is 0.0398. The van der Waals surface area contributed by atoms with Crippen LogP contribution in [0, 0.1) is 0 Å². The van der Waals surface area contributed by atoms with Gasteiger partial charge in [0.25, 0.3) is 11.5 Å². The Hall–Kier alpha value is -2.60. The molecule has 6 heteroatoms. The molecule has 2 heterocycles. The number of nitrogens with one attached hydrogen (secondary N) is 1. The number of rotatable bonds is 6.